The van der Waals surface area contributed by atoms with Crippen LogP contribution >= 0.6 is 15.9 Å². The lowest BCUT2D eigenvalue weighted by atomic mass is 9.87. The van der Waals surface area contributed by atoms with E-state index < -0.39 is 0 Å². The maximum absolute atomic E-state index is 13.0. The summed E-state index contributed by atoms with van der Waals surface area (Å²) in [6, 6.07) is 12.7. The van der Waals surface area contributed by atoms with Gasteiger partial charge in [-0.15, -0.1) is 0 Å². The topological polar surface area (TPSA) is 9.23 Å². The molecular formula is C17H18BrFO. The van der Waals surface area contributed by atoms with Gasteiger partial charge in [0.2, 0.25) is 0 Å². The molecule has 2 aromatic rings. The van der Waals surface area contributed by atoms with Crippen LogP contribution in [0.4, 0.5) is 4.39 Å². The van der Waals surface area contributed by atoms with Crippen molar-refractivity contribution in [3.05, 3.63) is 63.9 Å². The quantitative estimate of drug-likeness (QED) is 0.722. The molecule has 3 heteroatoms. The Morgan fingerprint density at radius 3 is 2.50 bits per heavy atom. The van der Waals surface area contributed by atoms with E-state index in [2.05, 4.69) is 48.8 Å². The van der Waals surface area contributed by atoms with Crippen molar-refractivity contribution in [1.29, 1.82) is 0 Å². The summed E-state index contributed by atoms with van der Waals surface area (Å²) in [5.41, 5.74) is 2.25. The highest BCUT2D eigenvalue weighted by Gasteiger charge is 2.14. The second kappa shape index (κ2) is 5.96. The van der Waals surface area contributed by atoms with E-state index in [1.165, 1.54) is 17.7 Å². The van der Waals surface area contributed by atoms with Crippen molar-refractivity contribution in [1.82, 2.24) is 0 Å². The number of hydrogen-bond donors (Lipinski definition) is 0. The van der Waals surface area contributed by atoms with Crippen LogP contribution in [0.5, 0.6) is 5.75 Å². The van der Waals surface area contributed by atoms with E-state index in [0.717, 1.165) is 15.8 Å². The van der Waals surface area contributed by atoms with Crippen molar-refractivity contribution >= 4 is 15.9 Å². The molecule has 0 heterocycles. The van der Waals surface area contributed by atoms with E-state index in [1.54, 1.807) is 6.07 Å². The van der Waals surface area contributed by atoms with Crippen molar-refractivity contribution < 1.29 is 9.13 Å². The van der Waals surface area contributed by atoms with Crippen LogP contribution < -0.4 is 4.74 Å². The van der Waals surface area contributed by atoms with E-state index >= 15 is 0 Å². The van der Waals surface area contributed by atoms with E-state index in [0.29, 0.717) is 6.61 Å². The van der Waals surface area contributed by atoms with Crippen molar-refractivity contribution in [2.45, 2.75) is 32.8 Å². The summed E-state index contributed by atoms with van der Waals surface area (Å²) in [6.07, 6.45) is 0. The molecule has 0 aliphatic rings. The molecule has 0 saturated heterocycles. The first kappa shape index (κ1) is 15.0. The molecule has 1 nitrogen and oxygen atoms in total. The monoisotopic (exact) mass is 336 g/mol. The summed E-state index contributed by atoms with van der Waals surface area (Å²) in [7, 11) is 0. The van der Waals surface area contributed by atoms with Gasteiger partial charge in [-0.05, 0) is 35.2 Å². The first-order valence-electron chi connectivity index (χ1n) is 6.53. The molecule has 2 rings (SSSR count). The second-order valence-electron chi connectivity index (χ2n) is 5.80. The molecule has 0 aliphatic carbocycles. The molecular weight excluding hydrogens is 319 g/mol. The van der Waals surface area contributed by atoms with Gasteiger partial charge in [-0.25, -0.2) is 4.39 Å². The smallest absolute Gasteiger partial charge is 0.124 e. The summed E-state index contributed by atoms with van der Waals surface area (Å²) in [6.45, 7) is 6.92. The third kappa shape index (κ3) is 3.83. The number of halogens is 2. The summed E-state index contributed by atoms with van der Waals surface area (Å²) in [5, 5.41) is 0. The first-order valence-corrected chi connectivity index (χ1v) is 7.33. The molecule has 106 valence electrons. The van der Waals surface area contributed by atoms with Gasteiger partial charge in [0.15, 0.2) is 0 Å². The number of benzene rings is 2. The van der Waals surface area contributed by atoms with Crippen molar-refractivity contribution in [3.8, 4) is 5.75 Å². The second-order valence-corrected chi connectivity index (χ2v) is 6.66. The Hall–Kier alpha value is -1.35. The zero-order valence-corrected chi connectivity index (χ0v) is 13.5. The Morgan fingerprint density at radius 2 is 1.85 bits per heavy atom. The lowest BCUT2D eigenvalue weighted by Gasteiger charge is -2.19. The molecule has 0 atom stereocenters. The fraction of sp³-hybridized carbons (Fsp3) is 0.294. The van der Waals surface area contributed by atoms with Crippen LogP contribution in [0.1, 0.15) is 31.9 Å². The van der Waals surface area contributed by atoms with Gasteiger partial charge >= 0.3 is 0 Å². The predicted molar refractivity (Wildman–Crippen MR) is 83.6 cm³/mol. The maximum Gasteiger partial charge on any atom is 0.124 e. The van der Waals surface area contributed by atoms with E-state index in [-0.39, 0.29) is 11.2 Å². The van der Waals surface area contributed by atoms with E-state index in [9.17, 15) is 4.39 Å². The minimum absolute atomic E-state index is 0.0931. The molecule has 0 unspecified atom stereocenters. The Balaban J connectivity index is 2.11. The van der Waals surface area contributed by atoms with Crippen LogP contribution in [0, 0.1) is 5.82 Å². The summed E-state index contributed by atoms with van der Waals surface area (Å²) >= 11 is 3.35. The number of rotatable bonds is 3. The molecule has 0 N–H and O–H groups in total. The van der Waals surface area contributed by atoms with Gasteiger partial charge < -0.3 is 4.74 Å². The largest absolute Gasteiger partial charge is 0.489 e. The molecule has 0 radical (unpaired) electrons. The Kier molecular flexibility index (Phi) is 4.48. The van der Waals surface area contributed by atoms with Gasteiger partial charge in [0.25, 0.3) is 0 Å². The average Bonchev–Trinajstić information content (AvgIpc) is 2.37. The van der Waals surface area contributed by atoms with E-state index in [1.807, 2.05) is 12.1 Å². The van der Waals surface area contributed by atoms with Crippen LogP contribution in [-0.4, -0.2) is 0 Å². The lowest BCUT2D eigenvalue weighted by Crippen LogP contribution is -2.11. The van der Waals surface area contributed by atoms with Crippen molar-refractivity contribution in [2.75, 3.05) is 0 Å². The molecule has 0 bridgehead atoms. The highest BCUT2D eigenvalue weighted by Crippen LogP contribution is 2.26. The molecule has 0 aliphatic heterocycles. The van der Waals surface area contributed by atoms with Crippen LogP contribution in [-0.2, 0) is 12.0 Å². The third-order valence-electron chi connectivity index (χ3n) is 3.11. The number of ether oxygens (including phenoxy) is 1. The van der Waals surface area contributed by atoms with Gasteiger partial charge in [-0.2, -0.15) is 0 Å². The van der Waals surface area contributed by atoms with Crippen molar-refractivity contribution in [2.24, 2.45) is 0 Å². The van der Waals surface area contributed by atoms with Gasteiger partial charge in [-0.3, -0.25) is 0 Å². The maximum atomic E-state index is 13.0. The summed E-state index contributed by atoms with van der Waals surface area (Å²) in [4.78, 5) is 0. The average molecular weight is 337 g/mol. The molecule has 20 heavy (non-hydrogen) atoms. The highest BCUT2D eigenvalue weighted by molar-refractivity contribution is 9.10. The summed E-state index contributed by atoms with van der Waals surface area (Å²) in [5.74, 6) is 0.573. The van der Waals surface area contributed by atoms with Gasteiger partial charge in [0.1, 0.15) is 18.2 Å². The number of hydrogen-bond acceptors (Lipinski definition) is 1. The van der Waals surface area contributed by atoms with Crippen LogP contribution in [0.15, 0.2) is 46.9 Å². The van der Waals surface area contributed by atoms with Crippen molar-refractivity contribution in [3.63, 3.8) is 0 Å². The molecule has 0 fully saturated rings. The van der Waals surface area contributed by atoms with Crippen LogP contribution in [0.2, 0.25) is 0 Å². The minimum Gasteiger partial charge on any atom is -0.489 e. The zero-order valence-electron chi connectivity index (χ0n) is 11.9. The molecule has 0 aromatic heterocycles. The molecule has 2 aromatic carbocycles. The Bertz CT molecular complexity index is 602. The Labute approximate surface area is 127 Å². The Morgan fingerprint density at radius 1 is 1.10 bits per heavy atom. The van der Waals surface area contributed by atoms with Gasteiger partial charge in [-0.1, -0.05) is 54.9 Å². The van der Waals surface area contributed by atoms with Crippen LogP contribution in [0.25, 0.3) is 0 Å². The normalized spacial score (nSPS) is 11.4. The fourth-order valence-corrected chi connectivity index (χ4v) is 2.32. The first-order chi connectivity index (χ1) is 9.36. The van der Waals surface area contributed by atoms with Gasteiger partial charge in [0, 0.05) is 10.0 Å². The van der Waals surface area contributed by atoms with Crippen LogP contribution in [0.3, 0.4) is 0 Å². The summed E-state index contributed by atoms with van der Waals surface area (Å²) < 4.78 is 19.5. The van der Waals surface area contributed by atoms with E-state index in [4.69, 9.17) is 4.74 Å². The molecule has 0 spiro atoms. The molecule has 0 saturated carbocycles. The fourth-order valence-electron chi connectivity index (χ4n) is 1.85. The standard InChI is InChI=1S/C17H18BrFO/c1-17(2,3)13-5-4-6-15(9-13)20-11-12-7-8-14(19)10-16(12)18/h4-10H,11H2,1-3H3. The third-order valence-corrected chi connectivity index (χ3v) is 3.85. The predicted octanol–water partition coefficient (Wildman–Crippen LogP) is 5.46. The minimum atomic E-state index is -0.254. The lowest BCUT2D eigenvalue weighted by molar-refractivity contribution is 0.304. The highest BCUT2D eigenvalue weighted by atomic mass is 79.9. The SMILES string of the molecule is CC(C)(C)c1cccc(OCc2ccc(F)cc2Br)c1. The van der Waals surface area contributed by atoms with Gasteiger partial charge in [0.05, 0.1) is 0 Å². The zero-order chi connectivity index (χ0) is 14.8. The molecule has 0 amide bonds.